The van der Waals surface area contributed by atoms with Crippen LogP contribution < -0.4 is 5.32 Å². The first-order valence-corrected chi connectivity index (χ1v) is 6.75. The minimum Gasteiger partial charge on any atom is -0.478 e. The molecule has 102 valence electrons. The second kappa shape index (κ2) is 7.15. The lowest BCUT2D eigenvalue weighted by atomic mass is 10.2. The summed E-state index contributed by atoms with van der Waals surface area (Å²) in [6, 6.07) is 4.71. The average molecular weight is 348 g/mol. The molecule has 0 bridgehead atoms. The molecule has 0 radical (unpaired) electrons. The summed E-state index contributed by atoms with van der Waals surface area (Å²) >= 11 is 4.24. The third-order valence-electron chi connectivity index (χ3n) is 1.97. The lowest BCUT2D eigenvalue weighted by molar-refractivity contribution is -0.117. The number of hydrogen-bond donors (Lipinski definition) is 2. The number of carboxylic acids is 1. The van der Waals surface area contributed by atoms with E-state index in [-0.39, 0.29) is 11.3 Å². The number of carboxylic acid groups (broad SMARTS) is 1. The number of halogens is 1. The summed E-state index contributed by atoms with van der Waals surface area (Å²) in [5, 5.41) is 10.9. The van der Waals surface area contributed by atoms with Gasteiger partial charge in [-0.15, -0.1) is 11.8 Å². The van der Waals surface area contributed by atoms with E-state index in [1.807, 2.05) is 5.32 Å². The van der Waals surface area contributed by atoms with Crippen LogP contribution in [0.5, 0.6) is 0 Å². The Labute approximate surface area is 121 Å². The number of amides is 2. The third-order valence-corrected chi connectivity index (χ3v) is 3.65. The fraction of sp³-hybridized carbons (Fsp3) is 0.182. The fourth-order valence-electron chi connectivity index (χ4n) is 1.11. The third kappa shape index (κ3) is 4.92. The van der Waals surface area contributed by atoms with Crippen molar-refractivity contribution in [2.24, 2.45) is 0 Å². The molecule has 8 heteroatoms. The zero-order valence-corrected chi connectivity index (χ0v) is 12.2. The van der Waals surface area contributed by atoms with E-state index in [1.165, 1.54) is 6.07 Å². The van der Waals surface area contributed by atoms with Gasteiger partial charge in [-0.1, -0.05) is 0 Å². The molecule has 0 aliphatic rings. The Hall–Kier alpha value is -1.54. The van der Waals surface area contributed by atoms with Gasteiger partial charge in [0.15, 0.2) is 0 Å². The summed E-state index contributed by atoms with van der Waals surface area (Å²) in [4.78, 5) is 33.6. The summed E-state index contributed by atoms with van der Waals surface area (Å²) in [5.74, 6) is -1.60. The van der Waals surface area contributed by atoms with E-state index >= 15 is 0 Å². The van der Waals surface area contributed by atoms with Crippen molar-refractivity contribution in [3.05, 3.63) is 28.2 Å². The molecule has 0 saturated heterocycles. The zero-order chi connectivity index (χ0) is 14.4. The lowest BCUT2D eigenvalue weighted by Crippen LogP contribution is -2.31. The van der Waals surface area contributed by atoms with Gasteiger partial charge in [0, 0.05) is 9.37 Å². The number of carbonyl (C=O) groups is 3. The van der Waals surface area contributed by atoms with Crippen LogP contribution in [0.2, 0.25) is 0 Å². The minimum absolute atomic E-state index is 0.0181. The Kier molecular flexibility index (Phi) is 5.84. The number of aromatic carboxylic acids is 1. The second-order valence-corrected chi connectivity index (χ2v) is 5.18. The lowest BCUT2D eigenvalue weighted by Gasteiger charge is -2.05. The maximum Gasteiger partial charge on any atom is 0.413 e. The average Bonchev–Trinajstić information content (AvgIpc) is 2.37. The quantitative estimate of drug-likeness (QED) is 0.810. The van der Waals surface area contributed by atoms with Crippen molar-refractivity contribution < 1.29 is 24.2 Å². The van der Waals surface area contributed by atoms with Crippen LogP contribution in [0.15, 0.2) is 27.6 Å². The van der Waals surface area contributed by atoms with Gasteiger partial charge in [0.2, 0.25) is 5.91 Å². The molecular formula is C11H10BrNO5S. The van der Waals surface area contributed by atoms with Crippen LogP contribution in [0.3, 0.4) is 0 Å². The molecule has 2 N–H and O–H groups in total. The fourth-order valence-corrected chi connectivity index (χ4v) is 2.26. The van der Waals surface area contributed by atoms with Crippen LogP contribution in [-0.2, 0) is 9.53 Å². The molecule has 1 aromatic rings. The number of carbonyl (C=O) groups excluding carboxylic acids is 2. The molecule has 0 unspecified atom stereocenters. The van der Waals surface area contributed by atoms with Gasteiger partial charge in [0.05, 0.1) is 18.4 Å². The van der Waals surface area contributed by atoms with Crippen LogP contribution in [0, 0.1) is 0 Å². The number of imide groups is 1. The van der Waals surface area contributed by atoms with Crippen molar-refractivity contribution >= 4 is 45.7 Å². The van der Waals surface area contributed by atoms with Gasteiger partial charge in [-0.3, -0.25) is 10.1 Å². The SMILES string of the molecule is COC(=O)NC(=O)CSc1ccc(Br)c(C(=O)O)c1. The molecule has 2 amide bonds. The van der Waals surface area contributed by atoms with E-state index in [2.05, 4.69) is 20.7 Å². The molecule has 1 aromatic carbocycles. The van der Waals surface area contributed by atoms with Crippen LogP contribution in [0.25, 0.3) is 0 Å². The van der Waals surface area contributed by atoms with E-state index < -0.39 is 18.0 Å². The first-order chi connectivity index (χ1) is 8.93. The van der Waals surface area contributed by atoms with Crippen molar-refractivity contribution in [3.8, 4) is 0 Å². The van der Waals surface area contributed by atoms with E-state index in [0.29, 0.717) is 9.37 Å². The Morgan fingerprint density at radius 1 is 1.42 bits per heavy atom. The van der Waals surface area contributed by atoms with Gasteiger partial charge in [0.1, 0.15) is 0 Å². The molecule has 1 rings (SSSR count). The van der Waals surface area contributed by atoms with Crippen molar-refractivity contribution in [2.75, 3.05) is 12.9 Å². The van der Waals surface area contributed by atoms with Gasteiger partial charge in [-0.2, -0.15) is 0 Å². The highest BCUT2D eigenvalue weighted by Crippen LogP contribution is 2.24. The van der Waals surface area contributed by atoms with E-state index in [4.69, 9.17) is 5.11 Å². The summed E-state index contributed by atoms with van der Waals surface area (Å²) in [6.07, 6.45) is -0.826. The molecule has 0 fully saturated rings. The molecule has 0 spiro atoms. The summed E-state index contributed by atoms with van der Waals surface area (Å²) in [7, 11) is 1.16. The maximum atomic E-state index is 11.3. The van der Waals surface area contributed by atoms with E-state index in [9.17, 15) is 14.4 Å². The number of thioether (sulfide) groups is 1. The number of ether oxygens (including phenoxy) is 1. The smallest absolute Gasteiger partial charge is 0.413 e. The normalized spacial score (nSPS) is 9.79. The zero-order valence-electron chi connectivity index (χ0n) is 9.81. The largest absolute Gasteiger partial charge is 0.478 e. The highest BCUT2D eigenvalue weighted by molar-refractivity contribution is 9.10. The van der Waals surface area contributed by atoms with Crippen molar-refractivity contribution in [3.63, 3.8) is 0 Å². The summed E-state index contributed by atoms with van der Waals surface area (Å²) in [6.45, 7) is 0. The van der Waals surface area contributed by atoms with Gasteiger partial charge >= 0.3 is 12.1 Å². The molecular weight excluding hydrogens is 338 g/mol. The number of alkyl carbamates (subject to hydrolysis) is 1. The van der Waals surface area contributed by atoms with Gasteiger partial charge < -0.3 is 9.84 Å². The standard InChI is InChI=1S/C11H10BrNO5S/c1-18-11(17)13-9(14)5-19-6-2-3-8(12)7(4-6)10(15)16/h2-4H,5H2,1H3,(H,15,16)(H,13,14,17). The van der Waals surface area contributed by atoms with Crippen LogP contribution >= 0.6 is 27.7 Å². The predicted octanol–water partition coefficient (Wildman–Crippen LogP) is 2.12. The molecule has 0 aliphatic carbocycles. The van der Waals surface area contributed by atoms with Crippen LogP contribution in [-0.4, -0.2) is 35.9 Å². The number of nitrogens with one attached hydrogen (secondary N) is 1. The number of hydrogen-bond acceptors (Lipinski definition) is 5. The van der Waals surface area contributed by atoms with Crippen molar-refractivity contribution in [2.45, 2.75) is 4.90 Å². The minimum atomic E-state index is -1.06. The first-order valence-electron chi connectivity index (χ1n) is 4.97. The van der Waals surface area contributed by atoms with E-state index in [0.717, 1.165) is 18.9 Å². The molecule has 0 heterocycles. The molecule has 0 aliphatic heterocycles. The van der Waals surface area contributed by atoms with Crippen molar-refractivity contribution in [1.29, 1.82) is 0 Å². The van der Waals surface area contributed by atoms with Gasteiger partial charge in [-0.25, -0.2) is 9.59 Å². The molecule has 19 heavy (non-hydrogen) atoms. The molecule has 0 atom stereocenters. The monoisotopic (exact) mass is 347 g/mol. The first kappa shape index (κ1) is 15.5. The molecule has 0 aromatic heterocycles. The second-order valence-electron chi connectivity index (χ2n) is 3.28. The number of benzene rings is 1. The summed E-state index contributed by atoms with van der Waals surface area (Å²) < 4.78 is 4.74. The highest BCUT2D eigenvalue weighted by atomic mass is 79.9. The summed E-state index contributed by atoms with van der Waals surface area (Å²) in [5.41, 5.74) is 0.110. The molecule has 0 saturated carbocycles. The predicted molar refractivity (Wildman–Crippen MR) is 72.4 cm³/mol. The van der Waals surface area contributed by atoms with Crippen molar-refractivity contribution in [1.82, 2.24) is 5.32 Å². The Morgan fingerprint density at radius 3 is 2.68 bits per heavy atom. The Bertz CT molecular complexity index is 520. The number of methoxy groups -OCH3 is 1. The van der Waals surface area contributed by atoms with Crippen LogP contribution in [0.1, 0.15) is 10.4 Å². The van der Waals surface area contributed by atoms with Gasteiger partial charge in [-0.05, 0) is 34.1 Å². The highest BCUT2D eigenvalue weighted by Gasteiger charge is 2.11. The molecule has 6 nitrogen and oxygen atoms in total. The van der Waals surface area contributed by atoms with E-state index in [1.54, 1.807) is 12.1 Å². The Morgan fingerprint density at radius 2 is 2.11 bits per heavy atom. The maximum absolute atomic E-state index is 11.3. The van der Waals surface area contributed by atoms with Gasteiger partial charge in [0.25, 0.3) is 0 Å². The Balaban J connectivity index is 2.63. The van der Waals surface area contributed by atoms with Crippen LogP contribution in [0.4, 0.5) is 4.79 Å². The number of rotatable bonds is 4. The topological polar surface area (TPSA) is 92.7 Å².